The number of carbonyl (C=O) groups excluding carboxylic acids is 1. The lowest BCUT2D eigenvalue weighted by Crippen LogP contribution is -2.54. The fraction of sp³-hybridized carbons (Fsp3) is 0.643. The third-order valence-electron chi connectivity index (χ3n) is 10.5. The zero-order valence-electron chi connectivity index (χ0n) is 19.9. The third kappa shape index (κ3) is 2.81. The van der Waals surface area contributed by atoms with Gasteiger partial charge in [-0.2, -0.15) is 0 Å². The normalized spacial score (nSPS) is 45.7. The number of hydrogen-bond donors (Lipinski definition) is 1. The summed E-state index contributed by atoms with van der Waals surface area (Å²) in [6.45, 7) is 6.78. The van der Waals surface area contributed by atoms with E-state index in [0.717, 1.165) is 44.2 Å². The molecule has 0 amide bonds. The Morgan fingerprint density at radius 1 is 1.15 bits per heavy atom. The van der Waals surface area contributed by atoms with Gasteiger partial charge in [0.1, 0.15) is 11.7 Å². The van der Waals surface area contributed by atoms with Crippen molar-refractivity contribution in [2.45, 2.75) is 83.5 Å². The fourth-order valence-corrected chi connectivity index (χ4v) is 8.68. The Morgan fingerprint density at radius 3 is 2.70 bits per heavy atom. The standard InChI is InChI=1S/C28H35NO4/c1-17(29-31)28-24(33-28)16-23-21-10-9-19-15-20(32-25(30)18-7-5-4-6-8-18)11-13-26(19,2)22(21)12-14-27(23,28)3/h4-9,20-24,31H,10-16H2,1-3H3/b29-17-/t20-,21+,22-,23-,24+,26-,27-,28+/m0/s1. The highest BCUT2D eigenvalue weighted by molar-refractivity contribution is 5.95. The van der Waals surface area contributed by atoms with Crippen LogP contribution in [0.1, 0.15) is 76.1 Å². The van der Waals surface area contributed by atoms with Crippen LogP contribution < -0.4 is 0 Å². The minimum absolute atomic E-state index is 0.0263. The Kier molecular flexibility index (Phi) is 4.65. The van der Waals surface area contributed by atoms with Gasteiger partial charge in [0.15, 0.2) is 0 Å². The van der Waals surface area contributed by atoms with Crippen molar-refractivity contribution in [2.24, 2.45) is 33.7 Å². The first-order valence-electron chi connectivity index (χ1n) is 12.7. The van der Waals surface area contributed by atoms with Crippen LogP contribution in [0.2, 0.25) is 0 Å². The minimum Gasteiger partial charge on any atom is -0.458 e. The van der Waals surface area contributed by atoms with Gasteiger partial charge in [-0.15, -0.1) is 0 Å². The van der Waals surface area contributed by atoms with E-state index in [0.29, 0.717) is 23.3 Å². The van der Waals surface area contributed by atoms with Gasteiger partial charge in [0.2, 0.25) is 0 Å². The van der Waals surface area contributed by atoms with Crippen molar-refractivity contribution in [3.05, 3.63) is 47.5 Å². The zero-order valence-corrected chi connectivity index (χ0v) is 19.9. The summed E-state index contributed by atoms with van der Waals surface area (Å²) in [7, 11) is 0. The molecule has 1 heterocycles. The van der Waals surface area contributed by atoms with Gasteiger partial charge in [0.25, 0.3) is 0 Å². The Morgan fingerprint density at radius 2 is 1.94 bits per heavy atom. The molecule has 0 aromatic heterocycles. The summed E-state index contributed by atoms with van der Waals surface area (Å²) >= 11 is 0. The molecular weight excluding hydrogens is 414 g/mol. The summed E-state index contributed by atoms with van der Waals surface area (Å²) in [5.41, 5.74) is 2.81. The number of hydrogen-bond acceptors (Lipinski definition) is 5. The van der Waals surface area contributed by atoms with Gasteiger partial charge in [0.05, 0.1) is 17.4 Å². The van der Waals surface area contributed by atoms with Gasteiger partial charge >= 0.3 is 5.97 Å². The second-order valence-corrected chi connectivity index (χ2v) is 11.6. The van der Waals surface area contributed by atoms with Crippen molar-refractivity contribution in [3.63, 3.8) is 0 Å². The van der Waals surface area contributed by atoms with Crippen molar-refractivity contribution in [3.8, 4) is 0 Å². The number of esters is 1. The molecule has 0 radical (unpaired) electrons. The number of benzene rings is 1. The minimum atomic E-state index is -0.342. The van der Waals surface area contributed by atoms with E-state index in [-0.39, 0.29) is 34.6 Å². The SMILES string of the molecule is C/C(=N/O)[C@@]12O[C@@H]1C[C@H]1[C@@H]3CC=C4C[C@@H](OC(=O)c5ccccc5)CC[C@]4(C)[C@H]3CC[C@@]12C. The molecule has 1 aromatic rings. The molecule has 4 aliphatic carbocycles. The Bertz CT molecular complexity index is 1030. The van der Waals surface area contributed by atoms with Crippen LogP contribution in [0.4, 0.5) is 0 Å². The first-order chi connectivity index (χ1) is 15.8. The van der Waals surface area contributed by atoms with Crippen molar-refractivity contribution < 1.29 is 19.5 Å². The van der Waals surface area contributed by atoms with E-state index in [1.807, 2.05) is 37.3 Å². The number of epoxide rings is 1. The summed E-state index contributed by atoms with van der Waals surface area (Å²) in [6, 6.07) is 9.33. The van der Waals surface area contributed by atoms with E-state index in [1.165, 1.54) is 12.0 Å². The molecule has 0 spiro atoms. The van der Waals surface area contributed by atoms with Crippen LogP contribution in [0.25, 0.3) is 0 Å². The van der Waals surface area contributed by atoms with E-state index in [1.54, 1.807) is 0 Å². The first kappa shape index (κ1) is 21.4. The summed E-state index contributed by atoms with van der Waals surface area (Å²) in [5, 5.41) is 13.1. The van der Waals surface area contributed by atoms with Gasteiger partial charge in [-0.3, -0.25) is 0 Å². The zero-order chi connectivity index (χ0) is 23.0. The van der Waals surface area contributed by atoms with E-state index in [2.05, 4.69) is 25.1 Å². The van der Waals surface area contributed by atoms with E-state index >= 15 is 0 Å². The molecule has 5 heteroatoms. The molecule has 1 saturated heterocycles. The van der Waals surface area contributed by atoms with E-state index in [4.69, 9.17) is 9.47 Å². The lowest BCUT2D eigenvalue weighted by atomic mass is 9.47. The van der Waals surface area contributed by atoms with Gasteiger partial charge in [-0.05, 0) is 80.8 Å². The van der Waals surface area contributed by atoms with Gasteiger partial charge in [0, 0.05) is 11.8 Å². The summed E-state index contributed by atoms with van der Waals surface area (Å²) in [6.07, 6.45) is 10.1. The highest BCUT2D eigenvalue weighted by Crippen LogP contribution is 2.73. The van der Waals surface area contributed by atoms with E-state index in [9.17, 15) is 10.0 Å². The summed E-state index contributed by atoms with van der Waals surface area (Å²) in [4.78, 5) is 12.6. The lowest BCUT2D eigenvalue weighted by molar-refractivity contribution is -0.0719. The predicted molar refractivity (Wildman–Crippen MR) is 125 cm³/mol. The number of allylic oxidation sites excluding steroid dienone is 1. The number of rotatable bonds is 3. The predicted octanol–water partition coefficient (Wildman–Crippen LogP) is 5.77. The molecule has 5 nitrogen and oxygen atoms in total. The van der Waals surface area contributed by atoms with Crippen LogP contribution >= 0.6 is 0 Å². The molecule has 1 aliphatic heterocycles. The van der Waals surface area contributed by atoms with Crippen LogP contribution in [0, 0.1) is 28.6 Å². The average Bonchev–Trinajstić information content (AvgIpc) is 3.51. The molecule has 1 aromatic carbocycles. The second-order valence-electron chi connectivity index (χ2n) is 11.6. The number of oxime groups is 1. The van der Waals surface area contributed by atoms with Crippen molar-refractivity contribution in [2.75, 3.05) is 0 Å². The monoisotopic (exact) mass is 449 g/mol. The van der Waals surface area contributed by atoms with Crippen LogP contribution in [0.3, 0.4) is 0 Å². The smallest absolute Gasteiger partial charge is 0.338 e. The van der Waals surface area contributed by atoms with Gasteiger partial charge in [-0.25, -0.2) is 4.79 Å². The fourth-order valence-electron chi connectivity index (χ4n) is 8.68. The Hall–Kier alpha value is -2.14. The van der Waals surface area contributed by atoms with Gasteiger partial charge < -0.3 is 14.7 Å². The highest BCUT2D eigenvalue weighted by Gasteiger charge is 2.78. The number of ether oxygens (including phenoxy) is 2. The first-order valence-corrected chi connectivity index (χ1v) is 12.7. The Labute approximate surface area is 196 Å². The second kappa shape index (κ2) is 7.18. The molecule has 0 unspecified atom stereocenters. The van der Waals surface area contributed by atoms with Crippen LogP contribution in [-0.4, -0.2) is 34.7 Å². The lowest BCUT2D eigenvalue weighted by Gasteiger charge is -2.58. The van der Waals surface area contributed by atoms with Crippen LogP contribution in [0.5, 0.6) is 0 Å². The quantitative estimate of drug-likeness (QED) is 0.159. The topological polar surface area (TPSA) is 71.4 Å². The maximum absolute atomic E-state index is 12.6. The molecule has 1 N–H and O–H groups in total. The molecule has 5 aliphatic rings. The van der Waals surface area contributed by atoms with Crippen molar-refractivity contribution in [1.29, 1.82) is 0 Å². The van der Waals surface area contributed by atoms with E-state index < -0.39 is 0 Å². The molecule has 3 saturated carbocycles. The maximum atomic E-state index is 12.6. The van der Waals surface area contributed by atoms with Crippen molar-refractivity contribution >= 4 is 11.7 Å². The number of carbonyl (C=O) groups is 1. The molecule has 33 heavy (non-hydrogen) atoms. The molecule has 0 bridgehead atoms. The summed E-state index contributed by atoms with van der Waals surface area (Å²) in [5.74, 6) is 1.72. The molecule has 4 fully saturated rings. The third-order valence-corrected chi connectivity index (χ3v) is 10.5. The molecule has 8 atom stereocenters. The molecule has 176 valence electrons. The average molecular weight is 450 g/mol. The van der Waals surface area contributed by atoms with Gasteiger partial charge in [-0.1, -0.05) is 48.9 Å². The molecular formula is C28H35NO4. The maximum Gasteiger partial charge on any atom is 0.338 e. The number of fused-ring (bicyclic) bond motifs is 7. The van der Waals surface area contributed by atoms with Crippen molar-refractivity contribution in [1.82, 2.24) is 0 Å². The molecule has 6 rings (SSSR count). The summed E-state index contributed by atoms with van der Waals surface area (Å²) < 4.78 is 12.1. The number of nitrogens with zero attached hydrogens (tertiary/aromatic N) is 1. The van der Waals surface area contributed by atoms with Crippen LogP contribution in [-0.2, 0) is 9.47 Å². The largest absolute Gasteiger partial charge is 0.458 e. The highest BCUT2D eigenvalue weighted by atomic mass is 16.6. The van der Waals surface area contributed by atoms with Crippen LogP contribution in [0.15, 0.2) is 47.1 Å². The Balaban J connectivity index is 1.21.